The van der Waals surface area contributed by atoms with Crippen LogP contribution in [0.1, 0.15) is 49.7 Å². The zero-order valence-electron chi connectivity index (χ0n) is 19.7. The number of likely N-dealkylation sites (tertiary alicyclic amines) is 1. The molecule has 0 radical (unpaired) electrons. The molecule has 1 amide bonds. The number of benzene rings is 2. The van der Waals surface area contributed by atoms with E-state index in [2.05, 4.69) is 35.2 Å². The second-order valence-corrected chi connectivity index (χ2v) is 9.98. The lowest BCUT2D eigenvalue weighted by atomic mass is 9.81. The van der Waals surface area contributed by atoms with Crippen molar-refractivity contribution < 1.29 is 14.3 Å². The van der Waals surface area contributed by atoms with Crippen molar-refractivity contribution in [1.82, 2.24) is 9.80 Å². The standard InChI is InChI=1S/C28H36N2O3/c1-32-26-9-5-8-23(18-26)19-27(31)29-15-13-28(14-16-29)20-25(12-17-33-28)30(24-10-11-24)21-22-6-3-2-4-7-22/h2-9,18,24-25H,10-17,19-21H2,1H3. The van der Waals surface area contributed by atoms with Gasteiger partial charge in [-0.25, -0.2) is 0 Å². The minimum atomic E-state index is -0.0699. The van der Waals surface area contributed by atoms with Crippen LogP contribution < -0.4 is 4.74 Å². The van der Waals surface area contributed by atoms with E-state index in [0.29, 0.717) is 12.5 Å². The average Bonchev–Trinajstić information content (AvgIpc) is 3.69. The highest BCUT2D eigenvalue weighted by Crippen LogP contribution is 2.40. The van der Waals surface area contributed by atoms with Crippen molar-refractivity contribution in [3.8, 4) is 5.75 Å². The largest absolute Gasteiger partial charge is 0.497 e. The second-order valence-electron chi connectivity index (χ2n) is 9.98. The van der Waals surface area contributed by atoms with Gasteiger partial charge in [0.2, 0.25) is 5.91 Å². The Labute approximate surface area is 197 Å². The number of amides is 1. The number of hydrogen-bond donors (Lipinski definition) is 0. The Hall–Kier alpha value is -2.37. The van der Waals surface area contributed by atoms with Gasteiger partial charge in [-0.05, 0) is 61.8 Å². The maximum atomic E-state index is 12.9. The maximum absolute atomic E-state index is 12.9. The van der Waals surface area contributed by atoms with E-state index in [9.17, 15) is 4.79 Å². The predicted octanol–water partition coefficient (Wildman–Crippen LogP) is 4.44. The van der Waals surface area contributed by atoms with Gasteiger partial charge < -0.3 is 14.4 Å². The molecule has 3 aliphatic rings. The van der Waals surface area contributed by atoms with Gasteiger partial charge in [-0.2, -0.15) is 0 Å². The van der Waals surface area contributed by atoms with Crippen LogP contribution in [0.5, 0.6) is 5.75 Å². The van der Waals surface area contributed by atoms with Crippen molar-refractivity contribution in [2.24, 2.45) is 0 Å². The molecular formula is C28H36N2O3. The first-order chi connectivity index (χ1) is 16.1. The fourth-order valence-electron chi connectivity index (χ4n) is 5.62. The van der Waals surface area contributed by atoms with Crippen molar-refractivity contribution in [2.45, 2.75) is 69.2 Å². The van der Waals surface area contributed by atoms with Crippen LogP contribution in [0.3, 0.4) is 0 Å². The summed E-state index contributed by atoms with van der Waals surface area (Å²) in [6, 6.07) is 20.0. The van der Waals surface area contributed by atoms with Crippen LogP contribution in [0.2, 0.25) is 0 Å². The van der Waals surface area contributed by atoms with Crippen molar-refractivity contribution in [1.29, 1.82) is 0 Å². The van der Waals surface area contributed by atoms with E-state index in [0.717, 1.165) is 69.3 Å². The summed E-state index contributed by atoms with van der Waals surface area (Å²) in [5.74, 6) is 1.00. The first-order valence-corrected chi connectivity index (χ1v) is 12.5. The van der Waals surface area contributed by atoms with E-state index in [1.807, 2.05) is 29.2 Å². The lowest BCUT2D eigenvalue weighted by molar-refractivity contribution is -0.149. The third-order valence-corrected chi connectivity index (χ3v) is 7.68. The van der Waals surface area contributed by atoms with Gasteiger partial charge in [0.15, 0.2) is 0 Å². The Morgan fingerprint density at radius 1 is 1.03 bits per heavy atom. The molecule has 0 bridgehead atoms. The SMILES string of the molecule is COc1cccc(CC(=O)N2CCC3(CC2)CC(N(Cc2ccccc2)C2CC2)CCO3)c1. The van der Waals surface area contributed by atoms with Crippen LogP contribution in [0.4, 0.5) is 0 Å². The van der Waals surface area contributed by atoms with E-state index < -0.39 is 0 Å². The van der Waals surface area contributed by atoms with Gasteiger partial charge in [0.25, 0.3) is 0 Å². The molecule has 5 nitrogen and oxygen atoms in total. The van der Waals surface area contributed by atoms with Gasteiger partial charge >= 0.3 is 0 Å². The number of carbonyl (C=O) groups excluding carboxylic acids is 1. The predicted molar refractivity (Wildman–Crippen MR) is 129 cm³/mol. The molecule has 1 spiro atoms. The van der Waals surface area contributed by atoms with Gasteiger partial charge in [0.1, 0.15) is 5.75 Å². The van der Waals surface area contributed by atoms with E-state index >= 15 is 0 Å². The Morgan fingerprint density at radius 2 is 1.79 bits per heavy atom. The zero-order chi connectivity index (χ0) is 22.7. The quantitative estimate of drug-likeness (QED) is 0.628. The van der Waals surface area contributed by atoms with Gasteiger partial charge in [0, 0.05) is 38.3 Å². The normalized spacial score (nSPS) is 22.5. The third kappa shape index (κ3) is 5.42. The average molecular weight is 449 g/mol. The lowest BCUT2D eigenvalue weighted by Gasteiger charge is -2.48. The van der Waals surface area contributed by atoms with E-state index in [-0.39, 0.29) is 11.5 Å². The molecule has 176 valence electrons. The molecule has 2 aromatic carbocycles. The van der Waals surface area contributed by atoms with Crippen molar-refractivity contribution >= 4 is 5.91 Å². The lowest BCUT2D eigenvalue weighted by Crippen LogP contribution is -2.54. The topological polar surface area (TPSA) is 42.0 Å². The molecule has 1 unspecified atom stereocenters. The number of hydrogen-bond acceptors (Lipinski definition) is 4. The first-order valence-electron chi connectivity index (χ1n) is 12.5. The van der Waals surface area contributed by atoms with Crippen LogP contribution >= 0.6 is 0 Å². The monoisotopic (exact) mass is 448 g/mol. The van der Waals surface area contributed by atoms with E-state index in [4.69, 9.17) is 9.47 Å². The third-order valence-electron chi connectivity index (χ3n) is 7.68. The van der Waals surface area contributed by atoms with Crippen molar-refractivity contribution in [3.05, 3.63) is 65.7 Å². The first kappa shape index (κ1) is 22.4. The number of carbonyl (C=O) groups is 1. The summed E-state index contributed by atoms with van der Waals surface area (Å²) in [6.07, 6.45) is 7.17. The van der Waals surface area contributed by atoms with Crippen LogP contribution in [0.25, 0.3) is 0 Å². The van der Waals surface area contributed by atoms with Gasteiger partial charge in [-0.15, -0.1) is 0 Å². The summed E-state index contributed by atoms with van der Waals surface area (Å²) in [4.78, 5) is 17.7. The molecule has 5 rings (SSSR count). The Morgan fingerprint density at radius 3 is 2.52 bits per heavy atom. The number of nitrogens with zero attached hydrogens (tertiary/aromatic N) is 2. The summed E-state index contributed by atoms with van der Waals surface area (Å²) in [5.41, 5.74) is 2.34. The molecule has 3 fully saturated rings. The molecule has 2 aliphatic heterocycles. The highest BCUT2D eigenvalue weighted by molar-refractivity contribution is 5.79. The van der Waals surface area contributed by atoms with Crippen LogP contribution in [0, 0.1) is 0 Å². The summed E-state index contributed by atoms with van der Waals surface area (Å²) in [7, 11) is 1.66. The summed E-state index contributed by atoms with van der Waals surface area (Å²) in [6.45, 7) is 3.45. The number of methoxy groups -OCH3 is 1. The fraction of sp³-hybridized carbons (Fsp3) is 0.536. The van der Waals surface area contributed by atoms with Gasteiger partial charge in [-0.3, -0.25) is 9.69 Å². The molecule has 0 N–H and O–H groups in total. The summed E-state index contributed by atoms with van der Waals surface area (Å²) >= 11 is 0. The fourth-order valence-corrected chi connectivity index (χ4v) is 5.62. The minimum absolute atomic E-state index is 0.0699. The molecule has 5 heteroatoms. The molecule has 2 saturated heterocycles. The van der Waals surface area contributed by atoms with Crippen molar-refractivity contribution in [3.63, 3.8) is 0 Å². The molecule has 2 heterocycles. The van der Waals surface area contributed by atoms with E-state index in [1.54, 1.807) is 7.11 Å². The minimum Gasteiger partial charge on any atom is -0.497 e. The Balaban J connectivity index is 1.19. The van der Waals surface area contributed by atoms with Crippen LogP contribution in [-0.4, -0.2) is 60.2 Å². The number of rotatable bonds is 7. The zero-order valence-corrected chi connectivity index (χ0v) is 19.7. The smallest absolute Gasteiger partial charge is 0.226 e. The Bertz CT molecular complexity index is 935. The molecule has 1 aliphatic carbocycles. The molecular weight excluding hydrogens is 412 g/mol. The molecule has 0 aromatic heterocycles. The molecule has 33 heavy (non-hydrogen) atoms. The summed E-state index contributed by atoms with van der Waals surface area (Å²) in [5, 5.41) is 0. The van der Waals surface area contributed by atoms with Crippen LogP contribution in [0.15, 0.2) is 54.6 Å². The highest BCUT2D eigenvalue weighted by Gasteiger charge is 2.44. The molecule has 1 atom stereocenters. The Kier molecular flexibility index (Phi) is 6.70. The second kappa shape index (κ2) is 9.86. The molecule has 1 saturated carbocycles. The van der Waals surface area contributed by atoms with Crippen LogP contribution in [-0.2, 0) is 22.5 Å². The maximum Gasteiger partial charge on any atom is 0.226 e. The van der Waals surface area contributed by atoms with E-state index in [1.165, 1.54) is 18.4 Å². The number of ether oxygens (including phenoxy) is 2. The number of piperidine rings is 1. The molecule has 2 aromatic rings. The van der Waals surface area contributed by atoms with Crippen molar-refractivity contribution in [2.75, 3.05) is 26.8 Å². The van der Waals surface area contributed by atoms with Gasteiger partial charge in [0.05, 0.1) is 19.1 Å². The van der Waals surface area contributed by atoms with Gasteiger partial charge in [-0.1, -0.05) is 42.5 Å². The summed E-state index contributed by atoms with van der Waals surface area (Å²) < 4.78 is 11.7. The highest BCUT2D eigenvalue weighted by atomic mass is 16.5.